The molecule has 2 aromatic carbocycles. The highest BCUT2D eigenvalue weighted by atomic mass is 16.5. The lowest BCUT2D eigenvalue weighted by Crippen LogP contribution is -2.38. The number of hydrogen-bond donors (Lipinski definition) is 1. The second kappa shape index (κ2) is 10.2. The average molecular weight is 490 g/mol. The van der Waals surface area contributed by atoms with Crippen LogP contribution in [0.3, 0.4) is 0 Å². The summed E-state index contributed by atoms with van der Waals surface area (Å²) < 4.78 is 13.6. The van der Waals surface area contributed by atoms with E-state index in [9.17, 15) is 9.59 Å². The third kappa shape index (κ3) is 4.56. The van der Waals surface area contributed by atoms with Gasteiger partial charge in [-0.15, -0.1) is 0 Å². The molecule has 0 spiro atoms. The predicted molar refractivity (Wildman–Crippen MR) is 138 cm³/mol. The van der Waals surface area contributed by atoms with E-state index in [-0.39, 0.29) is 12.5 Å². The standard InChI is InChI=1S/C27H31N5O4/c1-7-21(26(33)28-15-19-10-13-22(35-5)23(14-19)36-6)32-27(34)25-24(17(3)29-32)18(4)31(30-25)20-11-8-16(2)9-12-20/h8-14,21H,7,15H2,1-6H3,(H,28,33)/t21-/m0/s1. The van der Waals surface area contributed by atoms with E-state index in [0.29, 0.717) is 34.5 Å². The Morgan fingerprint density at radius 1 is 1.00 bits per heavy atom. The van der Waals surface area contributed by atoms with Crippen LogP contribution in [0.4, 0.5) is 0 Å². The van der Waals surface area contributed by atoms with E-state index in [0.717, 1.165) is 22.5 Å². The first-order valence-corrected chi connectivity index (χ1v) is 11.8. The van der Waals surface area contributed by atoms with E-state index >= 15 is 0 Å². The summed E-state index contributed by atoms with van der Waals surface area (Å²) in [6.07, 6.45) is 0.396. The van der Waals surface area contributed by atoms with Crippen molar-refractivity contribution in [2.24, 2.45) is 0 Å². The van der Waals surface area contributed by atoms with Crippen LogP contribution >= 0.6 is 0 Å². The first-order valence-electron chi connectivity index (χ1n) is 11.8. The number of nitrogens with one attached hydrogen (secondary N) is 1. The zero-order chi connectivity index (χ0) is 26.0. The summed E-state index contributed by atoms with van der Waals surface area (Å²) in [7, 11) is 3.13. The minimum absolute atomic E-state index is 0.271. The number of hydrogen-bond acceptors (Lipinski definition) is 6. The van der Waals surface area contributed by atoms with Crippen molar-refractivity contribution < 1.29 is 14.3 Å². The summed E-state index contributed by atoms with van der Waals surface area (Å²) in [6, 6.07) is 12.6. The predicted octanol–water partition coefficient (Wildman–Crippen LogP) is 3.79. The third-order valence-electron chi connectivity index (χ3n) is 6.32. The molecule has 2 heterocycles. The van der Waals surface area contributed by atoms with Crippen LogP contribution in [-0.2, 0) is 11.3 Å². The summed E-state index contributed by atoms with van der Waals surface area (Å²) in [6.45, 7) is 7.89. The molecule has 0 saturated carbocycles. The van der Waals surface area contributed by atoms with E-state index < -0.39 is 11.6 Å². The van der Waals surface area contributed by atoms with Crippen LogP contribution in [-0.4, -0.2) is 39.7 Å². The van der Waals surface area contributed by atoms with Gasteiger partial charge in [0.1, 0.15) is 6.04 Å². The number of carbonyl (C=O) groups is 1. The minimum atomic E-state index is -0.773. The van der Waals surface area contributed by atoms with E-state index in [1.807, 2.05) is 58.0 Å². The molecule has 0 radical (unpaired) electrons. The maximum Gasteiger partial charge on any atom is 0.295 e. The molecule has 1 atom stereocenters. The molecule has 1 amide bonds. The van der Waals surface area contributed by atoms with Crippen LogP contribution < -0.4 is 20.3 Å². The molecule has 9 heteroatoms. The Labute approximate surface area is 209 Å². The third-order valence-corrected chi connectivity index (χ3v) is 6.32. The highest BCUT2D eigenvalue weighted by Gasteiger charge is 2.25. The molecule has 36 heavy (non-hydrogen) atoms. The first kappa shape index (κ1) is 25.0. The Kier molecular flexibility index (Phi) is 7.10. The van der Waals surface area contributed by atoms with Gasteiger partial charge < -0.3 is 14.8 Å². The lowest BCUT2D eigenvalue weighted by Gasteiger charge is -2.18. The van der Waals surface area contributed by atoms with Gasteiger partial charge in [-0.05, 0) is 57.0 Å². The number of fused-ring (bicyclic) bond motifs is 1. The lowest BCUT2D eigenvalue weighted by molar-refractivity contribution is -0.125. The van der Waals surface area contributed by atoms with Crippen molar-refractivity contribution in [2.45, 2.75) is 46.7 Å². The molecule has 4 rings (SSSR count). The number of ether oxygens (including phenoxy) is 2. The minimum Gasteiger partial charge on any atom is -0.493 e. The Balaban J connectivity index is 1.65. The highest BCUT2D eigenvalue weighted by molar-refractivity contribution is 5.84. The topological polar surface area (TPSA) is 100 Å². The Morgan fingerprint density at radius 3 is 2.33 bits per heavy atom. The van der Waals surface area contributed by atoms with Crippen molar-refractivity contribution in [2.75, 3.05) is 14.2 Å². The summed E-state index contributed by atoms with van der Waals surface area (Å²) in [5.74, 6) is 0.893. The molecule has 9 nitrogen and oxygen atoms in total. The number of benzene rings is 2. The van der Waals surface area contributed by atoms with Gasteiger partial charge in [-0.3, -0.25) is 9.59 Å². The molecule has 0 aliphatic rings. The Morgan fingerprint density at radius 2 is 1.69 bits per heavy atom. The van der Waals surface area contributed by atoms with Crippen molar-refractivity contribution >= 4 is 16.8 Å². The number of methoxy groups -OCH3 is 2. The van der Waals surface area contributed by atoms with Crippen LogP contribution in [0.5, 0.6) is 11.5 Å². The van der Waals surface area contributed by atoms with Gasteiger partial charge in [0, 0.05) is 6.54 Å². The monoisotopic (exact) mass is 489 g/mol. The normalized spacial score (nSPS) is 11.9. The fourth-order valence-corrected chi connectivity index (χ4v) is 4.37. The van der Waals surface area contributed by atoms with Crippen LogP contribution in [0, 0.1) is 20.8 Å². The second-order valence-corrected chi connectivity index (χ2v) is 8.72. The number of amides is 1. The van der Waals surface area contributed by atoms with Crippen molar-refractivity contribution in [3.05, 3.63) is 75.3 Å². The molecule has 4 aromatic rings. The van der Waals surface area contributed by atoms with E-state index in [1.54, 1.807) is 31.0 Å². The summed E-state index contributed by atoms with van der Waals surface area (Å²) >= 11 is 0. The molecule has 0 saturated heterocycles. The van der Waals surface area contributed by atoms with Crippen molar-refractivity contribution in [3.8, 4) is 17.2 Å². The SMILES string of the molecule is CC[C@@H](C(=O)NCc1ccc(OC)c(OC)c1)n1nc(C)c2c(C)n(-c3ccc(C)cc3)nc2c1=O. The van der Waals surface area contributed by atoms with Crippen molar-refractivity contribution in [3.63, 3.8) is 0 Å². The number of aromatic nitrogens is 4. The molecule has 0 unspecified atom stereocenters. The Bertz CT molecular complexity index is 1470. The largest absolute Gasteiger partial charge is 0.493 e. The zero-order valence-corrected chi connectivity index (χ0v) is 21.5. The summed E-state index contributed by atoms with van der Waals surface area (Å²) in [4.78, 5) is 26.6. The average Bonchev–Trinajstić information content (AvgIpc) is 3.24. The number of nitrogens with zero attached hydrogens (tertiary/aromatic N) is 4. The van der Waals surface area contributed by atoms with E-state index in [1.165, 1.54) is 4.68 Å². The van der Waals surface area contributed by atoms with Gasteiger partial charge in [0.05, 0.1) is 36.7 Å². The van der Waals surface area contributed by atoms with Crippen molar-refractivity contribution in [1.82, 2.24) is 24.9 Å². The number of rotatable bonds is 8. The van der Waals surface area contributed by atoms with Gasteiger partial charge in [0.2, 0.25) is 5.91 Å². The van der Waals surface area contributed by atoms with Gasteiger partial charge in [-0.25, -0.2) is 9.36 Å². The molecule has 2 aromatic heterocycles. The fourth-order valence-electron chi connectivity index (χ4n) is 4.37. The number of aryl methyl sites for hydroxylation is 3. The van der Waals surface area contributed by atoms with Gasteiger partial charge in [0.25, 0.3) is 5.56 Å². The summed E-state index contributed by atoms with van der Waals surface area (Å²) in [5, 5.41) is 12.8. The first-order chi connectivity index (χ1) is 17.3. The van der Waals surface area contributed by atoms with E-state index in [2.05, 4.69) is 15.5 Å². The molecular formula is C27H31N5O4. The van der Waals surface area contributed by atoms with Gasteiger partial charge in [0.15, 0.2) is 17.0 Å². The molecular weight excluding hydrogens is 458 g/mol. The molecule has 0 fully saturated rings. The van der Waals surface area contributed by atoms with Crippen LogP contribution in [0.15, 0.2) is 47.3 Å². The fraction of sp³-hybridized carbons (Fsp3) is 0.333. The molecule has 0 aliphatic carbocycles. The Hall–Kier alpha value is -4.14. The molecule has 0 bridgehead atoms. The van der Waals surface area contributed by atoms with E-state index in [4.69, 9.17) is 9.47 Å². The van der Waals surface area contributed by atoms with Gasteiger partial charge in [-0.2, -0.15) is 10.2 Å². The number of carbonyl (C=O) groups excluding carboxylic acids is 1. The summed E-state index contributed by atoms with van der Waals surface area (Å²) in [5.41, 5.74) is 4.22. The van der Waals surface area contributed by atoms with Crippen LogP contribution in [0.25, 0.3) is 16.6 Å². The quantitative estimate of drug-likeness (QED) is 0.404. The van der Waals surface area contributed by atoms with Gasteiger partial charge >= 0.3 is 0 Å². The van der Waals surface area contributed by atoms with Crippen LogP contribution in [0.1, 0.15) is 41.9 Å². The molecule has 1 N–H and O–H groups in total. The van der Waals surface area contributed by atoms with Gasteiger partial charge in [-0.1, -0.05) is 30.7 Å². The highest BCUT2D eigenvalue weighted by Crippen LogP contribution is 2.27. The molecule has 0 aliphatic heterocycles. The maximum atomic E-state index is 13.5. The smallest absolute Gasteiger partial charge is 0.295 e. The maximum absolute atomic E-state index is 13.5. The second-order valence-electron chi connectivity index (χ2n) is 8.72. The molecule has 188 valence electrons. The van der Waals surface area contributed by atoms with Crippen molar-refractivity contribution in [1.29, 1.82) is 0 Å². The van der Waals surface area contributed by atoms with Crippen LogP contribution in [0.2, 0.25) is 0 Å². The lowest BCUT2D eigenvalue weighted by atomic mass is 10.1. The zero-order valence-electron chi connectivity index (χ0n) is 21.5.